The van der Waals surface area contributed by atoms with Crippen molar-refractivity contribution in [1.82, 2.24) is 20.1 Å². The molecule has 2 aromatic rings. The van der Waals surface area contributed by atoms with Gasteiger partial charge in [0.25, 0.3) is 0 Å². The Hall–Kier alpha value is -1.76. The van der Waals surface area contributed by atoms with Gasteiger partial charge >= 0.3 is 0 Å². The van der Waals surface area contributed by atoms with Crippen molar-refractivity contribution >= 4 is 17.7 Å². The highest BCUT2D eigenvalue weighted by Gasteiger charge is 2.16. The molecule has 0 fully saturated rings. The molecule has 0 unspecified atom stereocenters. The van der Waals surface area contributed by atoms with Crippen LogP contribution in [0.25, 0.3) is 11.6 Å². The van der Waals surface area contributed by atoms with E-state index in [1.165, 1.54) is 11.8 Å². The number of amides is 1. The molecule has 6 nitrogen and oxygen atoms in total. The summed E-state index contributed by atoms with van der Waals surface area (Å²) in [4.78, 5) is 11.9. The van der Waals surface area contributed by atoms with Crippen LogP contribution in [-0.2, 0) is 11.3 Å². The van der Waals surface area contributed by atoms with E-state index in [9.17, 15) is 4.79 Å². The number of nitrogens with zero attached hydrogens (tertiary/aromatic N) is 3. The van der Waals surface area contributed by atoms with Gasteiger partial charge in [-0.15, -0.1) is 10.2 Å². The van der Waals surface area contributed by atoms with E-state index in [1.807, 2.05) is 30.5 Å². The van der Waals surface area contributed by atoms with Gasteiger partial charge in [-0.1, -0.05) is 25.1 Å². The Morgan fingerprint density at radius 1 is 1.45 bits per heavy atom. The summed E-state index contributed by atoms with van der Waals surface area (Å²) in [5.41, 5.74) is 0. The molecular weight excluding hydrogens is 300 g/mol. The highest BCUT2D eigenvalue weighted by Crippen LogP contribution is 2.24. The van der Waals surface area contributed by atoms with Gasteiger partial charge in [-0.25, -0.2) is 0 Å². The second-order valence-corrected chi connectivity index (χ2v) is 6.02. The minimum Gasteiger partial charge on any atom is -0.461 e. The largest absolute Gasteiger partial charge is 0.461 e. The summed E-state index contributed by atoms with van der Waals surface area (Å²) in [7, 11) is 0. The predicted octanol–water partition coefficient (Wildman–Crippen LogP) is 2.95. The Balaban J connectivity index is 1.97. The molecule has 0 aliphatic rings. The summed E-state index contributed by atoms with van der Waals surface area (Å²) in [6.45, 7) is 6.87. The lowest BCUT2D eigenvalue weighted by molar-refractivity contribution is -0.119. The fourth-order valence-electron chi connectivity index (χ4n) is 2.22. The molecule has 1 amide bonds. The van der Waals surface area contributed by atoms with Crippen LogP contribution in [0, 0.1) is 0 Å². The van der Waals surface area contributed by atoms with Crippen molar-refractivity contribution in [3.05, 3.63) is 18.4 Å². The van der Waals surface area contributed by atoms with Crippen molar-refractivity contribution in [3.8, 4) is 11.6 Å². The standard InChI is InChI=1S/C15H22N4O2S/c1-4-7-11(3)16-13(20)10-22-15-18-17-14(19(15)5-2)12-8-6-9-21-12/h6,8-9,11H,4-5,7,10H2,1-3H3,(H,16,20)/t11-/m1/s1. The number of carbonyl (C=O) groups excluding carboxylic acids is 1. The highest BCUT2D eigenvalue weighted by molar-refractivity contribution is 7.99. The lowest BCUT2D eigenvalue weighted by Gasteiger charge is -2.12. The molecule has 0 aromatic carbocycles. The van der Waals surface area contributed by atoms with Crippen molar-refractivity contribution in [3.63, 3.8) is 0 Å². The van der Waals surface area contributed by atoms with Gasteiger partial charge in [0.2, 0.25) is 5.91 Å². The van der Waals surface area contributed by atoms with Gasteiger partial charge in [-0.2, -0.15) is 0 Å². The molecule has 0 bridgehead atoms. The highest BCUT2D eigenvalue weighted by atomic mass is 32.2. The molecule has 0 saturated heterocycles. The Morgan fingerprint density at radius 2 is 2.27 bits per heavy atom. The van der Waals surface area contributed by atoms with Crippen LogP contribution in [0.1, 0.15) is 33.6 Å². The van der Waals surface area contributed by atoms with Crippen molar-refractivity contribution in [1.29, 1.82) is 0 Å². The maximum atomic E-state index is 11.9. The number of furan rings is 1. The van der Waals surface area contributed by atoms with E-state index in [2.05, 4.69) is 22.4 Å². The molecule has 0 aliphatic heterocycles. The van der Waals surface area contributed by atoms with Crippen LogP contribution in [-0.4, -0.2) is 32.5 Å². The van der Waals surface area contributed by atoms with Gasteiger partial charge in [0.1, 0.15) is 0 Å². The van der Waals surface area contributed by atoms with Crippen molar-refractivity contribution < 1.29 is 9.21 Å². The summed E-state index contributed by atoms with van der Waals surface area (Å²) in [5.74, 6) is 1.73. The minimum atomic E-state index is 0.0242. The summed E-state index contributed by atoms with van der Waals surface area (Å²) in [6, 6.07) is 3.88. The van der Waals surface area contributed by atoms with Crippen LogP contribution in [0.15, 0.2) is 28.0 Å². The van der Waals surface area contributed by atoms with E-state index in [0.29, 0.717) is 17.3 Å². The summed E-state index contributed by atoms with van der Waals surface area (Å²) < 4.78 is 7.32. The fourth-order valence-corrected chi connectivity index (χ4v) is 3.03. The van der Waals surface area contributed by atoms with Gasteiger partial charge < -0.3 is 9.73 Å². The maximum Gasteiger partial charge on any atom is 0.230 e. The molecule has 22 heavy (non-hydrogen) atoms. The molecule has 0 aliphatic carbocycles. The third-order valence-electron chi connectivity index (χ3n) is 3.24. The molecule has 2 aromatic heterocycles. The first-order valence-corrected chi connectivity index (χ1v) is 8.53. The van der Waals surface area contributed by atoms with Crippen molar-refractivity contribution in [2.24, 2.45) is 0 Å². The Kier molecular flexibility index (Phi) is 6.06. The zero-order chi connectivity index (χ0) is 15.9. The second kappa shape index (κ2) is 8.03. The van der Waals surface area contributed by atoms with Crippen molar-refractivity contribution in [2.75, 3.05) is 5.75 Å². The van der Waals surface area contributed by atoms with Crippen LogP contribution >= 0.6 is 11.8 Å². The Labute approximate surface area is 134 Å². The van der Waals surface area contributed by atoms with Crippen molar-refractivity contribution in [2.45, 2.75) is 51.4 Å². The average Bonchev–Trinajstić information content (AvgIpc) is 3.13. The number of aromatic nitrogens is 3. The van der Waals surface area contributed by atoms with E-state index in [-0.39, 0.29) is 11.9 Å². The van der Waals surface area contributed by atoms with Gasteiger partial charge in [0.05, 0.1) is 12.0 Å². The topological polar surface area (TPSA) is 73.0 Å². The van der Waals surface area contributed by atoms with Gasteiger partial charge in [0, 0.05) is 12.6 Å². The average molecular weight is 322 g/mol. The predicted molar refractivity (Wildman–Crippen MR) is 86.6 cm³/mol. The zero-order valence-corrected chi connectivity index (χ0v) is 14.0. The first-order valence-electron chi connectivity index (χ1n) is 7.54. The molecule has 2 rings (SSSR count). The summed E-state index contributed by atoms with van der Waals surface area (Å²) >= 11 is 1.39. The normalized spacial score (nSPS) is 12.3. The fraction of sp³-hybridized carbons (Fsp3) is 0.533. The van der Waals surface area contributed by atoms with Gasteiger partial charge in [-0.3, -0.25) is 9.36 Å². The van der Waals surface area contributed by atoms with E-state index in [4.69, 9.17) is 4.42 Å². The maximum absolute atomic E-state index is 11.9. The second-order valence-electron chi connectivity index (χ2n) is 5.07. The van der Waals surface area contributed by atoms with Crippen LogP contribution in [0.5, 0.6) is 0 Å². The molecule has 2 heterocycles. The Morgan fingerprint density at radius 3 is 2.91 bits per heavy atom. The van der Waals surface area contributed by atoms with Gasteiger partial charge in [-0.05, 0) is 32.4 Å². The molecular formula is C15H22N4O2S. The van der Waals surface area contributed by atoms with Crippen LogP contribution in [0.2, 0.25) is 0 Å². The summed E-state index contributed by atoms with van der Waals surface area (Å²) in [6.07, 6.45) is 3.66. The van der Waals surface area contributed by atoms with Crippen LogP contribution in [0.4, 0.5) is 0 Å². The number of rotatable bonds is 8. The van der Waals surface area contributed by atoms with E-state index in [1.54, 1.807) is 6.26 Å². The molecule has 0 radical (unpaired) electrons. The number of hydrogen-bond acceptors (Lipinski definition) is 5. The lowest BCUT2D eigenvalue weighted by atomic mass is 10.2. The zero-order valence-electron chi connectivity index (χ0n) is 13.2. The van der Waals surface area contributed by atoms with Crippen LogP contribution in [0.3, 0.4) is 0 Å². The molecule has 120 valence electrons. The number of nitrogens with one attached hydrogen (secondary N) is 1. The first kappa shape index (κ1) is 16.6. The van der Waals surface area contributed by atoms with E-state index >= 15 is 0 Å². The van der Waals surface area contributed by atoms with E-state index in [0.717, 1.165) is 24.5 Å². The summed E-state index contributed by atoms with van der Waals surface area (Å²) in [5, 5.41) is 12.0. The minimum absolute atomic E-state index is 0.0242. The molecule has 7 heteroatoms. The van der Waals surface area contributed by atoms with Gasteiger partial charge in [0.15, 0.2) is 16.7 Å². The third kappa shape index (κ3) is 4.13. The first-order chi connectivity index (χ1) is 10.7. The number of hydrogen-bond donors (Lipinski definition) is 1. The Bertz CT molecular complexity index is 595. The smallest absolute Gasteiger partial charge is 0.230 e. The quantitative estimate of drug-likeness (QED) is 0.756. The van der Waals surface area contributed by atoms with E-state index < -0.39 is 0 Å². The third-order valence-corrected chi connectivity index (χ3v) is 4.20. The lowest BCUT2D eigenvalue weighted by Crippen LogP contribution is -2.33. The van der Waals surface area contributed by atoms with Crippen LogP contribution < -0.4 is 5.32 Å². The molecule has 1 atom stereocenters. The molecule has 0 spiro atoms. The number of carbonyl (C=O) groups is 1. The molecule has 0 saturated carbocycles. The monoisotopic (exact) mass is 322 g/mol. The SMILES string of the molecule is CCC[C@@H](C)NC(=O)CSc1nnc(-c2ccco2)n1CC. The molecule has 1 N–H and O–H groups in total. The number of thioether (sulfide) groups is 1.